The first-order valence-corrected chi connectivity index (χ1v) is 6.51. The fraction of sp³-hybridized carbons (Fsp3) is 0.267. The van der Waals surface area contributed by atoms with E-state index in [-0.39, 0.29) is 5.91 Å². The highest BCUT2D eigenvalue weighted by Gasteiger charge is 2.25. The van der Waals surface area contributed by atoms with Crippen molar-refractivity contribution in [2.75, 3.05) is 5.32 Å². The number of benzene rings is 1. The van der Waals surface area contributed by atoms with Gasteiger partial charge in [-0.1, -0.05) is 37.3 Å². The van der Waals surface area contributed by atoms with Crippen molar-refractivity contribution >= 4 is 11.6 Å². The van der Waals surface area contributed by atoms with E-state index in [1.54, 1.807) is 19.3 Å². The van der Waals surface area contributed by atoms with Gasteiger partial charge in [-0.3, -0.25) is 4.79 Å². The summed E-state index contributed by atoms with van der Waals surface area (Å²) in [5.74, 6) is 0.380. The van der Waals surface area contributed by atoms with E-state index in [4.69, 9.17) is 5.73 Å². The van der Waals surface area contributed by atoms with Gasteiger partial charge < -0.3 is 11.1 Å². The van der Waals surface area contributed by atoms with Gasteiger partial charge in [0.2, 0.25) is 5.91 Å². The topological polar surface area (TPSA) is 80.9 Å². The number of nitrogens with zero attached hydrogens (tertiary/aromatic N) is 2. The van der Waals surface area contributed by atoms with Crippen molar-refractivity contribution in [3.8, 4) is 11.4 Å². The van der Waals surface area contributed by atoms with E-state index in [9.17, 15) is 4.79 Å². The van der Waals surface area contributed by atoms with Crippen molar-refractivity contribution in [3.05, 3.63) is 42.7 Å². The number of nitrogens with one attached hydrogen (secondary N) is 1. The van der Waals surface area contributed by atoms with E-state index in [0.29, 0.717) is 17.9 Å². The fourth-order valence-electron chi connectivity index (χ4n) is 1.56. The van der Waals surface area contributed by atoms with E-state index < -0.39 is 5.54 Å². The van der Waals surface area contributed by atoms with Crippen LogP contribution < -0.4 is 11.1 Å². The monoisotopic (exact) mass is 270 g/mol. The molecule has 3 N–H and O–H groups in total. The van der Waals surface area contributed by atoms with Crippen LogP contribution in [0.1, 0.15) is 20.3 Å². The Bertz CT molecular complexity index is 579. The van der Waals surface area contributed by atoms with Crippen LogP contribution in [0, 0.1) is 0 Å². The van der Waals surface area contributed by atoms with Gasteiger partial charge in [-0.25, -0.2) is 9.97 Å². The maximum absolute atomic E-state index is 11.9. The van der Waals surface area contributed by atoms with Crippen LogP contribution in [0.4, 0.5) is 5.69 Å². The second-order valence-corrected chi connectivity index (χ2v) is 4.89. The van der Waals surface area contributed by atoms with Crippen molar-refractivity contribution in [1.29, 1.82) is 0 Å². The molecule has 1 amide bonds. The van der Waals surface area contributed by atoms with Crippen molar-refractivity contribution < 1.29 is 4.79 Å². The first kappa shape index (κ1) is 14.1. The fourth-order valence-corrected chi connectivity index (χ4v) is 1.56. The maximum Gasteiger partial charge on any atom is 0.244 e. The highest BCUT2D eigenvalue weighted by atomic mass is 16.2. The Morgan fingerprint density at radius 2 is 1.85 bits per heavy atom. The molecule has 2 rings (SSSR count). The molecule has 1 unspecified atom stereocenters. The minimum Gasteiger partial charge on any atom is -0.322 e. The molecular formula is C15H18N4O. The molecule has 5 nitrogen and oxygen atoms in total. The molecule has 5 heteroatoms. The van der Waals surface area contributed by atoms with Gasteiger partial charge in [-0.05, 0) is 13.3 Å². The molecule has 0 radical (unpaired) electrons. The summed E-state index contributed by atoms with van der Waals surface area (Å²) in [5.41, 5.74) is 6.46. The Kier molecular flexibility index (Phi) is 4.10. The molecule has 1 aromatic carbocycles. The van der Waals surface area contributed by atoms with E-state index in [1.807, 2.05) is 37.3 Å². The van der Waals surface area contributed by atoms with E-state index in [2.05, 4.69) is 15.3 Å². The molecule has 104 valence electrons. The molecule has 1 aromatic heterocycles. The van der Waals surface area contributed by atoms with E-state index in [1.165, 1.54) is 0 Å². The van der Waals surface area contributed by atoms with Crippen LogP contribution in [-0.4, -0.2) is 21.4 Å². The summed E-state index contributed by atoms with van der Waals surface area (Å²) in [6.07, 6.45) is 3.72. The smallest absolute Gasteiger partial charge is 0.244 e. The first-order chi connectivity index (χ1) is 9.53. The normalized spacial score (nSPS) is 13.6. The zero-order chi connectivity index (χ0) is 14.6. The standard InChI is InChI=1S/C15H18N4O/c1-3-15(2,16)14(20)19-12-9-17-13(18-10-12)11-7-5-4-6-8-11/h4-10H,3,16H2,1-2H3,(H,19,20). The number of carbonyl (C=O) groups is 1. The van der Waals surface area contributed by atoms with Crippen LogP contribution in [0.5, 0.6) is 0 Å². The molecule has 0 saturated carbocycles. The number of nitrogens with two attached hydrogens (primary N) is 1. The number of carbonyl (C=O) groups excluding carboxylic acids is 1. The molecule has 1 atom stereocenters. The minimum absolute atomic E-state index is 0.240. The van der Waals surface area contributed by atoms with Gasteiger partial charge in [0, 0.05) is 5.56 Å². The molecule has 0 saturated heterocycles. The quantitative estimate of drug-likeness (QED) is 0.892. The van der Waals surface area contributed by atoms with Gasteiger partial charge in [0.15, 0.2) is 5.82 Å². The van der Waals surface area contributed by atoms with Crippen LogP contribution in [0.15, 0.2) is 42.7 Å². The third kappa shape index (κ3) is 3.19. The SMILES string of the molecule is CCC(C)(N)C(=O)Nc1cnc(-c2ccccc2)nc1. The van der Waals surface area contributed by atoms with Gasteiger partial charge in [0.25, 0.3) is 0 Å². The van der Waals surface area contributed by atoms with Crippen molar-refractivity contribution in [3.63, 3.8) is 0 Å². The zero-order valence-electron chi connectivity index (χ0n) is 11.6. The van der Waals surface area contributed by atoms with Crippen LogP contribution >= 0.6 is 0 Å². The molecule has 0 bridgehead atoms. The summed E-state index contributed by atoms with van der Waals surface area (Å²) in [4.78, 5) is 20.4. The van der Waals surface area contributed by atoms with Crippen LogP contribution in [0.3, 0.4) is 0 Å². The number of amides is 1. The predicted molar refractivity (Wildman–Crippen MR) is 79.0 cm³/mol. The highest BCUT2D eigenvalue weighted by Crippen LogP contribution is 2.16. The highest BCUT2D eigenvalue weighted by molar-refractivity contribution is 5.97. The van der Waals surface area contributed by atoms with Crippen molar-refractivity contribution in [2.24, 2.45) is 5.73 Å². The van der Waals surface area contributed by atoms with Gasteiger partial charge in [-0.2, -0.15) is 0 Å². The lowest BCUT2D eigenvalue weighted by Crippen LogP contribution is -2.47. The lowest BCUT2D eigenvalue weighted by Gasteiger charge is -2.21. The van der Waals surface area contributed by atoms with Gasteiger partial charge in [0.1, 0.15) is 0 Å². The minimum atomic E-state index is -0.891. The predicted octanol–water partition coefficient (Wildman–Crippen LogP) is 2.21. The van der Waals surface area contributed by atoms with Crippen molar-refractivity contribution in [2.45, 2.75) is 25.8 Å². The van der Waals surface area contributed by atoms with E-state index >= 15 is 0 Å². The van der Waals surface area contributed by atoms with Gasteiger partial charge in [0.05, 0.1) is 23.6 Å². The second-order valence-electron chi connectivity index (χ2n) is 4.89. The summed E-state index contributed by atoms with van der Waals surface area (Å²) < 4.78 is 0. The molecular weight excluding hydrogens is 252 g/mol. The van der Waals surface area contributed by atoms with Crippen molar-refractivity contribution in [1.82, 2.24) is 9.97 Å². The van der Waals surface area contributed by atoms with Crippen LogP contribution in [0.25, 0.3) is 11.4 Å². The summed E-state index contributed by atoms with van der Waals surface area (Å²) >= 11 is 0. The Balaban J connectivity index is 2.12. The Morgan fingerprint density at radius 1 is 1.25 bits per heavy atom. The summed E-state index contributed by atoms with van der Waals surface area (Å²) in [5, 5.41) is 2.72. The van der Waals surface area contributed by atoms with Crippen LogP contribution in [0.2, 0.25) is 0 Å². The number of anilines is 1. The summed E-state index contributed by atoms with van der Waals surface area (Å²) in [7, 11) is 0. The largest absolute Gasteiger partial charge is 0.322 e. The molecule has 0 spiro atoms. The van der Waals surface area contributed by atoms with Crippen LogP contribution in [-0.2, 0) is 4.79 Å². The molecule has 0 aliphatic heterocycles. The van der Waals surface area contributed by atoms with Gasteiger partial charge in [-0.15, -0.1) is 0 Å². The number of rotatable bonds is 4. The third-order valence-corrected chi connectivity index (χ3v) is 3.19. The number of hydrogen-bond donors (Lipinski definition) is 2. The number of hydrogen-bond acceptors (Lipinski definition) is 4. The maximum atomic E-state index is 11.9. The Hall–Kier alpha value is -2.27. The molecule has 1 heterocycles. The molecule has 2 aromatic rings. The molecule has 0 aliphatic carbocycles. The zero-order valence-corrected chi connectivity index (χ0v) is 11.6. The summed E-state index contributed by atoms with van der Waals surface area (Å²) in [6, 6.07) is 9.65. The lowest BCUT2D eigenvalue weighted by molar-refractivity contribution is -0.120. The molecule has 0 fully saturated rings. The average Bonchev–Trinajstić information content (AvgIpc) is 2.49. The summed E-state index contributed by atoms with van der Waals surface area (Å²) in [6.45, 7) is 3.57. The molecule has 20 heavy (non-hydrogen) atoms. The lowest BCUT2D eigenvalue weighted by atomic mass is 9.99. The first-order valence-electron chi connectivity index (χ1n) is 6.51. The third-order valence-electron chi connectivity index (χ3n) is 3.19. The molecule has 0 aliphatic rings. The Morgan fingerprint density at radius 3 is 2.40 bits per heavy atom. The van der Waals surface area contributed by atoms with Gasteiger partial charge >= 0.3 is 0 Å². The number of aromatic nitrogens is 2. The Labute approximate surface area is 118 Å². The average molecular weight is 270 g/mol. The van der Waals surface area contributed by atoms with E-state index in [0.717, 1.165) is 5.56 Å². The second kappa shape index (κ2) is 5.79.